The predicted molar refractivity (Wildman–Crippen MR) is 104 cm³/mol. The van der Waals surface area contributed by atoms with Crippen LogP contribution in [0.1, 0.15) is 39.8 Å². The van der Waals surface area contributed by atoms with Gasteiger partial charge in [-0.25, -0.2) is 9.78 Å². The molecule has 1 aromatic carbocycles. The number of carbonyl (C=O) groups is 1. The largest absolute Gasteiger partial charge is 0.461 e. The molecule has 1 N–H and O–H groups in total. The molecular formula is C20H16Cl2N2O2. The molecule has 0 bridgehead atoms. The number of aryl methyl sites for hydroxylation is 1. The number of hydrogen-bond donors (Lipinski definition) is 1. The number of carbonyl (C=O) groups excluding carboxylic acids is 1. The zero-order valence-electron chi connectivity index (χ0n) is 14.3. The van der Waals surface area contributed by atoms with Gasteiger partial charge in [-0.2, -0.15) is 0 Å². The van der Waals surface area contributed by atoms with E-state index in [0.29, 0.717) is 17.0 Å². The summed E-state index contributed by atoms with van der Waals surface area (Å²) in [6.07, 6.45) is 7.34. The summed E-state index contributed by atoms with van der Waals surface area (Å²) in [5.74, 6) is 2.08. The number of benzene rings is 1. The van der Waals surface area contributed by atoms with Crippen LogP contribution in [0, 0.1) is 19.3 Å². The highest BCUT2D eigenvalue weighted by molar-refractivity contribution is 6.37. The molecule has 0 amide bonds. The number of aromatic amines is 1. The molecule has 3 aromatic rings. The van der Waals surface area contributed by atoms with Crippen LogP contribution in [0.2, 0.25) is 10.0 Å². The molecule has 3 rings (SSSR count). The molecule has 4 nitrogen and oxygen atoms in total. The third-order valence-electron chi connectivity index (χ3n) is 4.07. The highest BCUT2D eigenvalue weighted by atomic mass is 35.5. The van der Waals surface area contributed by atoms with E-state index in [9.17, 15) is 4.79 Å². The van der Waals surface area contributed by atoms with Crippen LogP contribution in [0.4, 0.5) is 0 Å². The summed E-state index contributed by atoms with van der Waals surface area (Å²) < 4.78 is 4.99. The Bertz CT molecular complexity index is 1050. The average molecular weight is 387 g/mol. The molecule has 0 aliphatic heterocycles. The summed E-state index contributed by atoms with van der Waals surface area (Å²) in [7, 11) is 0. The SMILES string of the molecule is C#Cc1cc(C)c2cc(Cc3c(Cl)cnc(C(=O)OCC)c3Cl)[nH]c2c1. The lowest BCUT2D eigenvalue weighted by Gasteiger charge is -2.09. The first-order chi connectivity index (χ1) is 12.4. The van der Waals surface area contributed by atoms with Crippen LogP contribution < -0.4 is 0 Å². The third kappa shape index (κ3) is 3.41. The number of rotatable bonds is 4. The van der Waals surface area contributed by atoms with Crippen LogP contribution in [-0.4, -0.2) is 22.5 Å². The number of esters is 1. The van der Waals surface area contributed by atoms with Crippen molar-refractivity contribution in [3.05, 3.63) is 62.5 Å². The molecule has 0 saturated heterocycles. The Morgan fingerprint density at radius 1 is 1.35 bits per heavy atom. The second-order valence-corrected chi connectivity index (χ2v) is 6.62. The quantitative estimate of drug-likeness (QED) is 0.510. The van der Waals surface area contributed by atoms with Crippen molar-refractivity contribution in [2.75, 3.05) is 6.61 Å². The zero-order chi connectivity index (χ0) is 18.8. The molecule has 0 aliphatic carbocycles. The lowest BCUT2D eigenvalue weighted by molar-refractivity contribution is 0.0519. The first-order valence-electron chi connectivity index (χ1n) is 8.03. The van der Waals surface area contributed by atoms with E-state index in [4.69, 9.17) is 34.4 Å². The van der Waals surface area contributed by atoms with Gasteiger partial charge in [0.05, 0.1) is 16.7 Å². The Labute approximate surface area is 161 Å². The van der Waals surface area contributed by atoms with E-state index >= 15 is 0 Å². The highest BCUT2D eigenvalue weighted by Gasteiger charge is 2.20. The second kappa shape index (κ2) is 7.41. The number of halogens is 2. The lowest BCUT2D eigenvalue weighted by Crippen LogP contribution is -2.09. The van der Waals surface area contributed by atoms with Crippen LogP contribution in [-0.2, 0) is 11.2 Å². The van der Waals surface area contributed by atoms with Crippen molar-refractivity contribution in [2.45, 2.75) is 20.3 Å². The summed E-state index contributed by atoms with van der Waals surface area (Å²) in [4.78, 5) is 19.3. The van der Waals surface area contributed by atoms with Gasteiger partial charge in [-0.15, -0.1) is 6.42 Å². The molecule has 0 radical (unpaired) electrons. The maximum absolute atomic E-state index is 12.0. The van der Waals surface area contributed by atoms with Crippen molar-refractivity contribution < 1.29 is 9.53 Å². The topological polar surface area (TPSA) is 55.0 Å². The van der Waals surface area contributed by atoms with E-state index in [0.717, 1.165) is 27.7 Å². The molecule has 0 saturated carbocycles. The van der Waals surface area contributed by atoms with Crippen molar-refractivity contribution in [1.29, 1.82) is 0 Å². The molecule has 0 aliphatic rings. The first-order valence-corrected chi connectivity index (χ1v) is 8.79. The Balaban J connectivity index is 2.02. The summed E-state index contributed by atoms with van der Waals surface area (Å²) in [5, 5.41) is 1.67. The Morgan fingerprint density at radius 3 is 2.81 bits per heavy atom. The van der Waals surface area contributed by atoms with Gasteiger partial charge in [0.2, 0.25) is 0 Å². The number of hydrogen-bond acceptors (Lipinski definition) is 3. The molecule has 132 valence electrons. The average Bonchev–Trinajstić information content (AvgIpc) is 3.02. The number of nitrogens with zero attached hydrogens (tertiary/aromatic N) is 1. The maximum atomic E-state index is 12.0. The fourth-order valence-electron chi connectivity index (χ4n) is 2.85. The number of pyridine rings is 1. The van der Waals surface area contributed by atoms with Gasteiger partial charge in [0.1, 0.15) is 0 Å². The molecular weight excluding hydrogens is 371 g/mol. The minimum absolute atomic E-state index is 0.0647. The molecule has 0 unspecified atom stereocenters. The van der Waals surface area contributed by atoms with Gasteiger partial charge in [0.15, 0.2) is 5.69 Å². The van der Waals surface area contributed by atoms with Crippen molar-refractivity contribution in [2.24, 2.45) is 0 Å². The van der Waals surface area contributed by atoms with Gasteiger partial charge in [0, 0.05) is 34.8 Å². The van der Waals surface area contributed by atoms with E-state index in [-0.39, 0.29) is 17.3 Å². The lowest BCUT2D eigenvalue weighted by atomic mass is 10.1. The van der Waals surface area contributed by atoms with Gasteiger partial charge in [-0.05, 0) is 43.2 Å². The molecule has 0 spiro atoms. The van der Waals surface area contributed by atoms with Crippen molar-refractivity contribution in [3.63, 3.8) is 0 Å². The molecule has 0 fully saturated rings. The van der Waals surface area contributed by atoms with Crippen molar-refractivity contribution in [3.8, 4) is 12.3 Å². The van der Waals surface area contributed by atoms with Gasteiger partial charge in [0.25, 0.3) is 0 Å². The minimum atomic E-state index is -0.568. The van der Waals surface area contributed by atoms with E-state index < -0.39 is 5.97 Å². The van der Waals surface area contributed by atoms with E-state index in [1.54, 1.807) is 6.92 Å². The van der Waals surface area contributed by atoms with E-state index in [2.05, 4.69) is 15.9 Å². The van der Waals surface area contributed by atoms with Gasteiger partial charge < -0.3 is 9.72 Å². The number of ether oxygens (including phenoxy) is 1. The number of H-pyrrole nitrogens is 1. The number of fused-ring (bicyclic) bond motifs is 1. The van der Waals surface area contributed by atoms with Gasteiger partial charge in [-0.3, -0.25) is 0 Å². The first kappa shape index (κ1) is 18.3. The summed E-state index contributed by atoms with van der Waals surface area (Å²) >= 11 is 12.7. The van der Waals surface area contributed by atoms with Crippen LogP contribution in [0.3, 0.4) is 0 Å². The summed E-state index contributed by atoms with van der Waals surface area (Å²) in [5.41, 5.74) is 4.43. The molecule has 26 heavy (non-hydrogen) atoms. The Kier molecular flexibility index (Phi) is 5.22. The number of nitrogens with one attached hydrogen (secondary N) is 1. The van der Waals surface area contributed by atoms with Gasteiger partial charge >= 0.3 is 5.97 Å². The Hall–Kier alpha value is -2.48. The van der Waals surface area contributed by atoms with E-state index in [1.807, 2.05) is 25.1 Å². The summed E-state index contributed by atoms with van der Waals surface area (Å²) in [6.45, 7) is 3.97. The Morgan fingerprint density at radius 2 is 2.12 bits per heavy atom. The third-order valence-corrected chi connectivity index (χ3v) is 4.80. The van der Waals surface area contributed by atoms with Crippen LogP contribution >= 0.6 is 23.2 Å². The zero-order valence-corrected chi connectivity index (χ0v) is 15.8. The normalized spacial score (nSPS) is 10.7. The van der Waals surface area contributed by atoms with E-state index in [1.165, 1.54) is 6.20 Å². The molecule has 2 aromatic heterocycles. The minimum Gasteiger partial charge on any atom is -0.461 e. The fourth-order valence-corrected chi connectivity index (χ4v) is 3.41. The number of terminal acetylenes is 1. The summed E-state index contributed by atoms with van der Waals surface area (Å²) in [6, 6.07) is 5.92. The molecule has 6 heteroatoms. The standard InChI is InChI=1S/C20H16Cl2N2O2/c1-4-12-6-11(3)14-8-13(24-17(14)7-12)9-15-16(21)10-23-19(18(15)22)20(25)26-5-2/h1,6-8,10,24H,5,9H2,2-3H3. The predicted octanol–water partition coefficient (Wildman–Crippen LogP) is 4.93. The van der Waals surface area contributed by atoms with Crippen molar-refractivity contribution in [1.82, 2.24) is 9.97 Å². The van der Waals surface area contributed by atoms with Crippen LogP contribution in [0.25, 0.3) is 10.9 Å². The monoisotopic (exact) mass is 386 g/mol. The highest BCUT2D eigenvalue weighted by Crippen LogP contribution is 2.30. The smallest absolute Gasteiger partial charge is 0.358 e. The van der Waals surface area contributed by atoms with Crippen LogP contribution in [0.5, 0.6) is 0 Å². The number of aromatic nitrogens is 2. The second-order valence-electron chi connectivity index (χ2n) is 5.84. The molecule has 2 heterocycles. The van der Waals surface area contributed by atoms with Crippen molar-refractivity contribution >= 4 is 40.1 Å². The molecule has 0 atom stereocenters. The van der Waals surface area contributed by atoms with Crippen LogP contribution in [0.15, 0.2) is 24.4 Å². The maximum Gasteiger partial charge on any atom is 0.358 e. The van der Waals surface area contributed by atoms with Gasteiger partial charge in [-0.1, -0.05) is 29.1 Å². The fraction of sp³-hybridized carbons (Fsp3) is 0.200.